The highest BCUT2D eigenvalue weighted by atomic mass is 32.2. The largest absolute Gasteiger partial charge is 0.461 e. The Morgan fingerprint density at radius 2 is 1.90 bits per heavy atom. The first-order valence-electron chi connectivity index (χ1n) is 6.58. The average Bonchev–Trinajstić information content (AvgIpc) is 3.25. The second-order valence-corrected chi connectivity index (χ2v) is 6.19. The number of thiol groups is 1. The van der Waals surface area contributed by atoms with Gasteiger partial charge >= 0.3 is 0 Å². The third-order valence-electron chi connectivity index (χ3n) is 3.20. The first-order valence-corrected chi connectivity index (χ1v) is 8.06. The highest BCUT2D eigenvalue weighted by molar-refractivity contribution is 8.26. The van der Waals surface area contributed by atoms with Crippen LogP contribution in [-0.2, 0) is 0 Å². The lowest BCUT2D eigenvalue weighted by atomic mass is 10.3. The molecule has 0 unspecified atom stereocenters. The van der Waals surface area contributed by atoms with Crippen LogP contribution >= 0.6 is 10.9 Å². The molecule has 3 nitrogen and oxygen atoms in total. The van der Waals surface area contributed by atoms with E-state index in [1.54, 1.807) is 6.26 Å². The van der Waals surface area contributed by atoms with E-state index in [2.05, 4.69) is 27.1 Å². The molecule has 0 saturated carbocycles. The molecule has 1 aliphatic heterocycles. The van der Waals surface area contributed by atoms with Gasteiger partial charge in [-0.15, -0.1) is 10.9 Å². The SMILES string of the molecule is C(#C[SH]1C=CC=C1)n1c(-c2ccco2)nc2ccccc21. The van der Waals surface area contributed by atoms with E-state index in [0.717, 1.165) is 22.6 Å². The van der Waals surface area contributed by atoms with E-state index >= 15 is 0 Å². The zero-order chi connectivity index (χ0) is 14.1. The van der Waals surface area contributed by atoms with Gasteiger partial charge < -0.3 is 4.42 Å². The number of furan rings is 1. The molecule has 0 amide bonds. The van der Waals surface area contributed by atoms with E-state index in [1.165, 1.54) is 0 Å². The smallest absolute Gasteiger partial charge is 0.189 e. The van der Waals surface area contributed by atoms with Crippen LogP contribution < -0.4 is 0 Å². The van der Waals surface area contributed by atoms with Crippen LogP contribution in [0.3, 0.4) is 0 Å². The Hall–Kier alpha value is -2.64. The van der Waals surface area contributed by atoms with Crippen molar-refractivity contribution in [3.8, 4) is 22.9 Å². The van der Waals surface area contributed by atoms with Crippen molar-refractivity contribution >= 4 is 21.9 Å². The van der Waals surface area contributed by atoms with E-state index in [0.29, 0.717) is 0 Å². The summed E-state index contributed by atoms with van der Waals surface area (Å²) in [7, 11) is -0.477. The highest BCUT2D eigenvalue weighted by Crippen LogP contribution is 2.31. The predicted octanol–water partition coefficient (Wildman–Crippen LogP) is 4.11. The fourth-order valence-electron chi connectivity index (χ4n) is 2.23. The summed E-state index contributed by atoms with van der Waals surface area (Å²) in [5, 5.41) is 7.57. The molecule has 2 aromatic heterocycles. The summed E-state index contributed by atoms with van der Waals surface area (Å²) in [5.41, 5.74) is 1.92. The van der Waals surface area contributed by atoms with Crippen LogP contribution in [0.5, 0.6) is 0 Å². The van der Waals surface area contributed by atoms with E-state index in [4.69, 9.17) is 4.42 Å². The Kier molecular flexibility index (Phi) is 2.91. The van der Waals surface area contributed by atoms with Gasteiger partial charge in [-0.3, -0.25) is 0 Å². The molecule has 3 heterocycles. The summed E-state index contributed by atoms with van der Waals surface area (Å²) >= 11 is 0. The van der Waals surface area contributed by atoms with Crippen molar-refractivity contribution in [3.05, 3.63) is 65.6 Å². The van der Waals surface area contributed by atoms with Crippen LogP contribution in [0.4, 0.5) is 0 Å². The van der Waals surface area contributed by atoms with Crippen molar-refractivity contribution in [1.82, 2.24) is 9.55 Å². The number of aromatic nitrogens is 2. The number of fused-ring (bicyclic) bond motifs is 1. The van der Waals surface area contributed by atoms with Crippen LogP contribution in [0.1, 0.15) is 0 Å². The summed E-state index contributed by atoms with van der Waals surface area (Å²) in [5.74, 6) is 1.47. The van der Waals surface area contributed by atoms with Crippen LogP contribution in [0.25, 0.3) is 22.6 Å². The van der Waals surface area contributed by atoms with Crippen molar-refractivity contribution in [3.63, 3.8) is 0 Å². The first kappa shape index (κ1) is 12.1. The van der Waals surface area contributed by atoms with Gasteiger partial charge in [0, 0.05) is 6.04 Å². The molecular weight excluding hydrogens is 280 g/mol. The number of nitrogens with zero attached hydrogens (tertiary/aromatic N) is 2. The zero-order valence-corrected chi connectivity index (χ0v) is 12.0. The molecule has 0 atom stereocenters. The lowest BCUT2D eigenvalue weighted by Crippen LogP contribution is -1.91. The van der Waals surface area contributed by atoms with Crippen molar-refractivity contribution in [2.24, 2.45) is 0 Å². The summed E-state index contributed by atoms with van der Waals surface area (Å²) < 4.78 is 7.40. The average molecular weight is 292 g/mol. The van der Waals surface area contributed by atoms with Gasteiger partial charge in [0.1, 0.15) is 0 Å². The second-order valence-electron chi connectivity index (χ2n) is 4.55. The number of hydrogen-bond donors (Lipinski definition) is 1. The van der Waals surface area contributed by atoms with Crippen molar-refractivity contribution in [2.45, 2.75) is 0 Å². The first-order chi connectivity index (χ1) is 10.4. The minimum absolute atomic E-state index is 0.477. The number of imidazole rings is 1. The Labute approximate surface area is 124 Å². The fourth-order valence-corrected chi connectivity index (χ4v) is 3.26. The van der Waals surface area contributed by atoms with Gasteiger partial charge in [0.05, 0.1) is 17.3 Å². The third-order valence-corrected chi connectivity index (χ3v) is 4.54. The monoisotopic (exact) mass is 292 g/mol. The summed E-state index contributed by atoms with van der Waals surface area (Å²) in [6.45, 7) is 0. The van der Waals surface area contributed by atoms with E-state index in [9.17, 15) is 0 Å². The van der Waals surface area contributed by atoms with Crippen molar-refractivity contribution < 1.29 is 4.42 Å². The van der Waals surface area contributed by atoms with E-state index < -0.39 is 10.9 Å². The molecule has 0 fully saturated rings. The molecule has 21 heavy (non-hydrogen) atoms. The lowest BCUT2D eigenvalue weighted by molar-refractivity contribution is 0.577. The summed E-state index contributed by atoms with van der Waals surface area (Å²) in [6, 6.07) is 15.0. The van der Waals surface area contributed by atoms with Crippen molar-refractivity contribution in [1.29, 1.82) is 0 Å². The maximum Gasteiger partial charge on any atom is 0.189 e. The highest BCUT2D eigenvalue weighted by Gasteiger charge is 2.13. The maximum atomic E-state index is 5.49. The topological polar surface area (TPSA) is 31.0 Å². The van der Waals surface area contributed by atoms with Crippen LogP contribution in [-0.4, -0.2) is 9.55 Å². The second kappa shape index (κ2) is 5.04. The lowest BCUT2D eigenvalue weighted by Gasteiger charge is -2.00. The van der Waals surface area contributed by atoms with E-state index in [1.807, 2.05) is 53.1 Å². The van der Waals surface area contributed by atoms with Gasteiger partial charge in [-0.1, -0.05) is 24.3 Å². The predicted molar refractivity (Wildman–Crippen MR) is 87.9 cm³/mol. The number of allylic oxidation sites excluding steroid dienone is 2. The molecule has 1 aromatic carbocycles. The van der Waals surface area contributed by atoms with Gasteiger partial charge in [-0.2, -0.15) is 0 Å². The molecule has 0 N–H and O–H groups in total. The number of para-hydroxylation sites is 2. The molecule has 0 saturated heterocycles. The third kappa shape index (κ3) is 2.18. The molecule has 0 bridgehead atoms. The van der Waals surface area contributed by atoms with Crippen LogP contribution in [0, 0.1) is 11.3 Å². The molecule has 102 valence electrons. The van der Waals surface area contributed by atoms with Crippen LogP contribution in [0.2, 0.25) is 0 Å². The Balaban J connectivity index is 1.90. The quantitative estimate of drug-likeness (QED) is 0.540. The number of benzene rings is 1. The zero-order valence-electron chi connectivity index (χ0n) is 11.1. The van der Waals surface area contributed by atoms with Crippen LogP contribution in [0.15, 0.2) is 70.0 Å². The molecule has 0 aliphatic carbocycles. The van der Waals surface area contributed by atoms with Gasteiger partial charge in [-0.25, -0.2) is 9.55 Å². The number of rotatable bonds is 1. The number of hydrogen-bond acceptors (Lipinski definition) is 2. The summed E-state index contributed by atoms with van der Waals surface area (Å²) in [4.78, 5) is 4.64. The Morgan fingerprint density at radius 3 is 2.71 bits per heavy atom. The normalized spacial score (nSPS) is 14.6. The van der Waals surface area contributed by atoms with Crippen molar-refractivity contribution in [2.75, 3.05) is 0 Å². The van der Waals surface area contributed by atoms with Gasteiger partial charge in [0.25, 0.3) is 0 Å². The standard InChI is InChI=1S/C17H12N2OS/c1-2-7-15-14(6-1)18-17(16-8-5-10-20-16)19(15)9-13-21-11-3-4-12-21/h1-8,10-12,21H. The molecule has 4 rings (SSSR count). The molecule has 3 aromatic rings. The molecule has 4 heteroatoms. The van der Waals surface area contributed by atoms with Gasteiger partial charge in [-0.05, 0) is 40.3 Å². The van der Waals surface area contributed by atoms with Gasteiger partial charge in [0.2, 0.25) is 0 Å². The van der Waals surface area contributed by atoms with Gasteiger partial charge in [0.15, 0.2) is 11.6 Å². The fraction of sp³-hybridized carbons (Fsp3) is 0. The van der Waals surface area contributed by atoms with E-state index in [-0.39, 0.29) is 0 Å². The minimum atomic E-state index is -0.477. The maximum absolute atomic E-state index is 5.49. The molecule has 0 radical (unpaired) electrons. The Morgan fingerprint density at radius 1 is 1.05 bits per heavy atom. The Bertz CT molecular complexity index is 895. The summed E-state index contributed by atoms with van der Waals surface area (Å²) in [6.07, 6.45) is 5.73. The molecule has 0 spiro atoms. The minimum Gasteiger partial charge on any atom is -0.461 e. The molecular formula is C17H12N2OS. The molecule has 1 aliphatic rings.